The molecule has 1 aromatic rings. The van der Waals surface area contributed by atoms with E-state index in [1.165, 1.54) is 24.3 Å². The first-order valence-electron chi connectivity index (χ1n) is 4.79. The van der Waals surface area contributed by atoms with Crippen LogP contribution >= 0.6 is 0 Å². The summed E-state index contributed by atoms with van der Waals surface area (Å²) in [7, 11) is 0. The van der Waals surface area contributed by atoms with E-state index in [2.05, 4.69) is 0 Å². The van der Waals surface area contributed by atoms with E-state index in [0.717, 1.165) is 0 Å². The Balaban J connectivity index is 3.04. The lowest BCUT2D eigenvalue weighted by Gasteiger charge is -2.28. The molecule has 0 fully saturated rings. The first-order chi connectivity index (χ1) is 7.41. The van der Waals surface area contributed by atoms with Crippen molar-refractivity contribution in [3.8, 4) is 5.75 Å². The fourth-order valence-corrected chi connectivity index (χ4v) is 1.42. The van der Waals surface area contributed by atoms with Crippen LogP contribution in [0.5, 0.6) is 5.75 Å². The second kappa shape index (κ2) is 4.49. The van der Waals surface area contributed by atoms with E-state index in [9.17, 15) is 9.18 Å². The number of carboxylic acids is 1. The molecule has 0 saturated carbocycles. The zero-order chi connectivity index (χ0) is 12.3. The molecular formula is C11H14FNO3. The Hall–Kier alpha value is -1.62. The van der Waals surface area contributed by atoms with E-state index < -0.39 is 24.1 Å². The summed E-state index contributed by atoms with van der Waals surface area (Å²) in [6.07, 6.45) is 0. The average molecular weight is 227 g/mol. The molecule has 2 atom stereocenters. The molecule has 0 radical (unpaired) electrons. The van der Waals surface area contributed by atoms with Gasteiger partial charge >= 0.3 is 5.97 Å². The van der Waals surface area contributed by atoms with Gasteiger partial charge in [-0.05, 0) is 17.7 Å². The van der Waals surface area contributed by atoms with Crippen LogP contribution in [0, 0.1) is 0 Å². The number of nitrogens with two attached hydrogens (primary N) is 1. The van der Waals surface area contributed by atoms with Crippen molar-refractivity contribution in [1.29, 1.82) is 0 Å². The van der Waals surface area contributed by atoms with Gasteiger partial charge in [-0.3, -0.25) is 4.79 Å². The summed E-state index contributed by atoms with van der Waals surface area (Å²) in [5, 5.41) is 18.0. The number of aliphatic carboxylic acids is 1. The molecule has 0 bridgehead atoms. The number of hydrogen-bond acceptors (Lipinski definition) is 3. The van der Waals surface area contributed by atoms with Crippen molar-refractivity contribution < 1.29 is 19.4 Å². The van der Waals surface area contributed by atoms with Gasteiger partial charge in [0, 0.05) is 5.92 Å². The molecular weight excluding hydrogens is 213 g/mol. The highest BCUT2D eigenvalue weighted by atomic mass is 19.1. The number of benzene rings is 1. The number of alkyl halides is 1. The van der Waals surface area contributed by atoms with Crippen molar-refractivity contribution in [2.45, 2.75) is 18.4 Å². The number of aromatic hydroxyl groups is 1. The van der Waals surface area contributed by atoms with Crippen LogP contribution in [-0.2, 0) is 4.79 Å². The number of phenols is 1. The second-order valence-corrected chi connectivity index (χ2v) is 3.79. The summed E-state index contributed by atoms with van der Waals surface area (Å²) in [6.45, 7) is 0.393. The van der Waals surface area contributed by atoms with E-state index in [0.29, 0.717) is 5.56 Å². The van der Waals surface area contributed by atoms with Crippen molar-refractivity contribution in [3.63, 3.8) is 0 Å². The van der Waals surface area contributed by atoms with Crippen molar-refractivity contribution in [2.24, 2.45) is 5.73 Å². The molecule has 1 aromatic carbocycles. The Kier molecular flexibility index (Phi) is 3.49. The Morgan fingerprint density at radius 2 is 2.00 bits per heavy atom. The van der Waals surface area contributed by atoms with Gasteiger partial charge in [0.15, 0.2) is 0 Å². The normalized spacial score (nSPS) is 16.4. The molecule has 88 valence electrons. The van der Waals surface area contributed by atoms with Crippen molar-refractivity contribution in [3.05, 3.63) is 29.8 Å². The van der Waals surface area contributed by atoms with Crippen LogP contribution < -0.4 is 5.73 Å². The van der Waals surface area contributed by atoms with Gasteiger partial charge in [0.1, 0.15) is 18.0 Å². The van der Waals surface area contributed by atoms with Crippen molar-refractivity contribution in [2.75, 3.05) is 6.67 Å². The second-order valence-electron chi connectivity index (χ2n) is 3.79. The number of phenolic OH excluding ortho intramolecular Hbond substituents is 1. The van der Waals surface area contributed by atoms with E-state index in [4.69, 9.17) is 15.9 Å². The Labute approximate surface area is 92.5 Å². The zero-order valence-corrected chi connectivity index (χ0v) is 8.85. The predicted octanol–water partition coefficient (Wildman–Crippen LogP) is 1.25. The van der Waals surface area contributed by atoms with Gasteiger partial charge in [0.2, 0.25) is 0 Å². The summed E-state index contributed by atoms with van der Waals surface area (Å²) >= 11 is 0. The molecule has 0 saturated heterocycles. The largest absolute Gasteiger partial charge is 0.508 e. The van der Waals surface area contributed by atoms with Crippen LogP contribution in [0.2, 0.25) is 0 Å². The van der Waals surface area contributed by atoms with Gasteiger partial charge in [0.05, 0.1) is 0 Å². The smallest absolute Gasteiger partial charge is 0.327 e. The molecule has 16 heavy (non-hydrogen) atoms. The predicted molar refractivity (Wildman–Crippen MR) is 57.1 cm³/mol. The summed E-state index contributed by atoms with van der Waals surface area (Å²) in [4.78, 5) is 10.9. The molecule has 1 rings (SSSR count). The third-order valence-corrected chi connectivity index (χ3v) is 2.79. The fraction of sp³-hybridized carbons (Fsp3) is 0.364. The Bertz CT molecular complexity index is 379. The Morgan fingerprint density at radius 3 is 2.38 bits per heavy atom. The minimum absolute atomic E-state index is 0.0640. The lowest BCUT2D eigenvalue weighted by Crippen LogP contribution is -2.54. The average Bonchev–Trinajstić information content (AvgIpc) is 2.27. The van der Waals surface area contributed by atoms with Crippen molar-refractivity contribution >= 4 is 5.97 Å². The molecule has 5 heteroatoms. The maximum atomic E-state index is 12.8. The van der Waals surface area contributed by atoms with Gasteiger partial charge in [-0.1, -0.05) is 19.1 Å². The molecule has 0 aromatic heterocycles. The summed E-state index contributed by atoms with van der Waals surface area (Å²) in [5.41, 5.74) is 4.15. The van der Waals surface area contributed by atoms with Crippen LogP contribution in [0.3, 0.4) is 0 Å². The fourth-order valence-electron chi connectivity index (χ4n) is 1.42. The van der Waals surface area contributed by atoms with Gasteiger partial charge in [-0.15, -0.1) is 0 Å². The molecule has 4 nitrogen and oxygen atoms in total. The van der Waals surface area contributed by atoms with E-state index >= 15 is 0 Å². The standard InChI is InChI=1S/C11H14FNO3/c1-7(11(13,6-12)10(15)16)8-2-4-9(14)5-3-8/h2-5,7,14H,6,13H2,1H3,(H,15,16)/t7-,11-/m1/s1. The highest BCUT2D eigenvalue weighted by molar-refractivity contribution is 5.80. The molecule has 0 unspecified atom stereocenters. The van der Waals surface area contributed by atoms with E-state index in [1.54, 1.807) is 6.92 Å². The van der Waals surface area contributed by atoms with Gasteiger partial charge in [-0.25, -0.2) is 4.39 Å². The van der Waals surface area contributed by atoms with Crippen LogP contribution in [-0.4, -0.2) is 28.4 Å². The minimum Gasteiger partial charge on any atom is -0.508 e. The molecule has 0 heterocycles. The number of rotatable bonds is 4. The van der Waals surface area contributed by atoms with Crippen LogP contribution in [0.1, 0.15) is 18.4 Å². The number of carboxylic acid groups (broad SMARTS) is 1. The van der Waals surface area contributed by atoms with Gasteiger partial charge in [-0.2, -0.15) is 0 Å². The van der Waals surface area contributed by atoms with E-state index in [1.807, 2.05) is 0 Å². The van der Waals surface area contributed by atoms with Gasteiger partial charge in [0.25, 0.3) is 0 Å². The van der Waals surface area contributed by atoms with Crippen LogP contribution in [0.15, 0.2) is 24.3 Å². The quantitative estimate of drug-likeness (QED) is 0.722. The van der Waals surface area contributed by atoms with E-state index in [-0.39, 0.29) is 5.75 Å². The number of hydrogen-bond donors (Lipinski definition) is 3. The minimum atomic E-state index is -1.93. The highest BCUT2D eigenvalue weighted by Gasteiger charge is 2.40. The highest BCUT2D eigenvalue weighted by Crippen LogP contribution is 2.28. The van der Waals surface area contributed by atoms with Gasteiger partial charge < -0.3 is 15.9 Å². The molecule has 4 N–H and O–H groups in total. The maximum Gasteiger partial charge on any atom is 0.327 e. The first kappa shape index (κ1) is 12.4. The topological polar surface area (TPSA) is 83.5 Å². The summed E-state index contributed by atoms with van der Waals surface area (Å²) < 4.78 is 12.8. The van der Waals surface area contributed by atoms with Crippen LogP contribution in [0.4, 0.5) is 4.39 Å². The lowest BCUT2D eigenvalue weighted by atomic mass is 9.82. The molecule has 0 aliphatic heterocycles. The molecule has 0 aliphatic rings. The third-order valence-electron chi connectivity index (χ3n) is 2.79. The Morgan fingerprint density at radius 1 is 1.50 bits per heavy atom. The molecule has 0 aliphatic carbocycles. The summed E-state index contributed by atoms with van der Waals surface area (Å²) in [5.74, 6) is -2.00. The molecule has 0 amide bonds. The number of carbonyl (C=O) groups is 1. The molecule has 0 spiro atoms. The van der Waals surface area contributed by atoms with Crippen molar-refractivity contribution in [1.82, 2.24) is 0 Å². The monoisotopic (exact) mass is 227 g/mol. The SMILES string of the molecule is C[C@H](c1ccc(O)cc1)[C@](N)(CF)C(=O)O. The summed E-state index contributed by atoms with van der Waals surface area (Å²) in [6, 6.07) is 5.87. The number of halogens is 1. The zero-order valence-electron chi connectivity index (χ0n) is 8.85. The first-order valence-corrected chi connectivity index (χ1v) is 4.79. The third kappa shape index (κ3) is 2.14. The maximum absolute atomic E-state index is 12.8. The lowest BCUT2D eigenvalue weighted by molar-refractivity contribution is -0.144. The van der Waals surface area contributed by atoms with Crippen LogP contribution in [0.25, 0.3) is 0 Å².